The molecule has 0 bridgehead atoms. The summed E-state index contributed by atoms with van der Waals surface area (Å²) in [7, 11) is -1.74. The Kier molecular flexibility index (Phi) is 5.65. The van der Waals surface area contributed by atoms with Gasteiger partial charge in [-0.25, -0.2) is 4.98 Å². The van der Waals surface area contributed by atoms with Gasteiger partial charge in [0.25, 0.3) is 5.69 Å². The first kappa shape index (κ1) is 19.8. The molecule has 2 rings (SSSR count). The van der Waals surface area contributed by atoms with Crippen molar-refractivity contribution in [1.82, 2.24) is 4.98 Å². The molecule has 0 spiro atoms. The molecule has 0 atom stereocenters. The molecular formula is C14H12F3N2O6P. The quantitative estimate of drug-likeness (QED) is 0.417. The van der Waals surface area contributed by atoms with Gasteiger partial charge >= 0.3 is 13.8 Å². The SMILES string of the molecule is COP(=O)(OC)c1ccc(Oc2ccc(C(F)(F)F)cn2)cc1[N+](=O)[O-]. The number of halogens is 3. The van der Waals surface area contributed by atoms with E-state index in [1.54, 1.807) is 0 Å². The van der Waals surface area contributed by atoms with Crippen LogP contribution >= 0.6 is 7.60 Å². The Hall–Kier alpha value is -2.49. The third-order valence-electron chi connectivity index (χ3n) is 3.21. The zero-order valence-electron chi connectivity index (χ0n) is 13.4. The van der Waals surface area contributed by atoms with Gasteiger partial charge in [-0.1, -0.05) is 0 Å². The number of rotatable bonds is 6. The minimum Gasteiger partial charge on any atom is -0.439 e. The topological polar surface area (TPSA) is 101 Å². The van der Waals surface area contributed by atoms with Crippen LogP contribution in [-0.4, -0.2) is 24.1 Å². The number of hydrogen-bond donors (Lipinski definition) is 0. The number of pyridine rings is 1. The lowest BCUT2D eigenvalue weighted by Crippen LogP contribution is -2.13. The lowest BCUT2D eigenvalue weighted by molar-refractivity contribution is -0.383. The first-order chi connectivity index (χ1) is 12.1. The highest BCUT2D eigenvalue weighted by Gasteiger charge is 2.34. The number of alkyl halides is 3. The predicted octanol–water partition coefficient (Wildman–Crippen LogP) is 3.91. The molecule has 1 aromatic heterocycles. The molecule has 0 amide bonds. The average Bonchev–Trinajstić information content (AvgIpc) is 2.60. The molecule has 0 saturated heterocycles. The van der Waals surface area contributed by atoms with Crippen molar-refractivity contribution in [2.24, 2.45) is 0 Å². The summed E-state index contributed by atoms with van der Waals surface area (Å²) in [6, 6.07) is 5.02. The third kappa shape index (κ3) is 4.18. The zero-order valence-corrected chi connectivity index (χ0v) is 14.3. The van der Waals surface area contributed by atoms with E-state index < -0.39 is 29.9 Å². The summed E-state index contributed by atoms with van der Waals surface area (Å²) in [5.41, 5.74) is -1.56. The van der Waals surface area contributed by atoms with Crippen molar-refractivity contribution in [2.75, 3.05) is 14.2 Å². The third-order valence-corrected chi connectivity index (χ3v) is 5.14. The molecule has 0 aliphatic rings. The van der Waals surface area contributed by atoms with Gasteiger partial charge < -0.3 is 13.8 Å². The molecule has 0 radical (unpaired) electrons. The van der Waals surface area contributed by atoms with Crippen LogP contribution in [0.15, 0.2) is 36.5 Å². The van der Waals surface area contributed by atoms with Gasteiger partial charge in [0, 0.05) is 26.5 Å². The maximum Gasteiger partial charge on any atom is 0.417 e. The molecule has 2 aromatic rings. The molecule has 1 aromatic carbocycles. The summed E-state index contributed by atoms with van der Waals surface area (Å²) in [6.45, 7) is 0. The number of nitro groups is 1. The molecule has 0 aliphatic carbocycles. The fraction of sp³-hybridized carbons (Fsp3) is 0.214. The van der Waals surface area contributed by atoms with Crippen LogP contribution in [0.2, 0.25) is 0 Å². The maximum absolute atomic E-state index is 12.5. The van der Waals surface area contributed by atoms with Gasteiger partial charge in [-0.3, -0.25) is 14.7 Å². The van der Waals surface area contributed by atoms with Crippen molar-refractivity contribution >= 4 is 18.6 Å². The van der Waals surface area contributed by atoms with Crippen LogP contribution in [0.25, 0.3) is 0 Å². The van der Waals surface area contributed by atoms with Crippen LogP contribution in [-0.2, 0) is 19.8 Å². The molecular weight excluding hydrogens is 380 g/mol. The van der Waals surface area contributed by atoms with Crippen LogP contribution in [0, 0.1) is 10.1 Å². The van der Waals surface area contributed by atoms with E-state index in [0.29, 0.717) is 6.20 Å². The van der Waals surface area contributed by atoms with E-state index in [9.17, 15) is 27.9 Å². The summed E-state index contributed by atoms with van der Waals surface area (Å²) >= 11 is 0. The largest absolute Gasteiger partial charge is 0.439 e. The molecule has 8 nitrogen and oxygen atoms in total. The standard InChI is InChI=1S/C14H12F3N2O6P/c1-23-26(22,24-2)12-5-4-10(7-11(12)19(20)21)25-13-6-3-9(8-18-13)14(15,16)17/h3-8H,1-2H3. The minimum atomic E-state index is -4.55. The lowest BCUT2D eigenvalue weighted by Gasteiger charge is -2.14. The van der Waals surface area contributed by atoms with Crippen LogP contribution in [0.4, 0.5) is 18.9 Å². The molecule has 0 fully saturated rings. The second-order valence-corrected chi connectivity index (χ2v) is 6.96. The van der Waals surface area contributed by atoms with Crippen LogP contribution in [0.5, 0.6) is 11.6 Å². The summed E-state index contributed by atoms with van der Waals surface area (Å²) < 4.78 is 64.6. The first-order valence-corrected chi connectivity index (χ1v) is 8.36. The molecule has 0 aliphatic heterocycles. The van der Waals surface area contributed by atoms with E-state index in [-0.39, 0.29) is 16.9 Å². The van der Waals surface area contributed by atoms with Crippen molar-refractivity contribution < 1.29 is 36.4 Å². The van der Waals surface area contributed by atoms with Gasteiger partial charge in [-0.2, -0.15) is 13.2 Å². The van der Waals surface area contributed by atoms with Crippen LogP contribution in [0.1, 0.15) is 5.56 Å². The van der Waals surface area contributed by atoms with Gasteiger partial charge in [0.1, 0.15) is 11.1 Å². The average molecular weight is 392 g/mol. The first-order valence-electron chi connectivity index (χ1n) is 6.82. The number of aromatic nitrogens is 1. The fourth-order valence-corrected chi connectivity index (χ4v) is 3.17. The van der Waals surface area contributed by atoms with Gasteiger partial charge in [-0.15, -0.1) is 0 Å². The Bertz CT molecular complexity index is 849. The molecule has 12 heteroatoms. The van der Waals surface area contributed by atoms with Crippen LogP contribution < -0.4 is 10.0 Å². The summed E-state index contributed by atoms with van der Waals surface area (Å²) in [5.74, 6) is -0.298. The smallest absolute Gasteiger partial charge is 0.417 e. The van der Waals surface area contributed by atoms with Crippen molar-refractivity contribution in [1.29, 1.82) is 0 Å². The second-order valence-electron chi connectivity index (χ2n) is 4.76. The van der Waals surface area contributed by atoms with Crippen molar-refractivity contribution in [2.45, 2.75) is 6.18 Å². The normalized spacial score (nSPS) is 12.0. The Morgan fingerprint density at radius 2 is 1.81 bits per heavy atom. The monoisotopic (exact) mass is 392 g/mol. The summed E-state index contributed by atoms with van der Waals surface area (Å²) in [6.07, 6.45) is -3.98. The van der Waals surface area contributed by atoms with Crippen molar-refractivity contribution in [3.8, 4) is 11.6 Å². The number of hydrogen-bond acceptors (Lipinski definition) is 7. The number of benzene rings is 1. The lowest BCUT2D eigenvalue weighted by atomic mass is 10.3. The number of nitro benzene ring substituents is 1. The van der Waals surface area contributed by atoms with E-state index in [4.69, 9.17) is 13.8 Å². The van der Waals surface area contributed by atoms with Crippen molar-refractivity contribution in [3.63, 3.8) is 0 Å². The van der Waals surface area contributed by atoms with Gasteiger partial charge in [0.05, 0.1) is 16.6 Å². The molecule has 0 saturated carbocycles. The Balaban J connectivity index is 2.36. The molecule has 140 valence electrons. The minimum absolute atomic E-state index is 0.0912. The summed E-state index contributed by atoms with van der Waals surface area (Å²) in [4.78, 5) is 13.9. The van der Waals surface area contributed by atoms with Crippen molar-refractivity contribution in [3.05, 3.63) is 52.2 Å². The van der Waals surface area contributed by atoms with Gasteiger partial charge in [0.15, 0.2) is 0 Å². The number of nitrogens with zero attached hydrogens (tertiary/aromatic N) is 2. The fourth-order valence-electron chi connectivity index (χ4n) is 1.94. The van der Waals surface area contributed by atoms with E-state index in [0.717, 1.165) is 38.5 Å². The molecule has 0 unspecified atom stereocenters. The molecule has 26 heavy (non-hydrogen) atoms. The van der Waals surface area contributed by atoms with Crippen LogP contribution in [0.3, 0.4) is 0 Å². The molecule has 1 heterocycles. The summed E-state index contributed by atoms with van der Waals surface area (Å²) in [5, 5.41) is 10.9. The highest BCUT2D eigenvalue weighted by atomic mass is 31.2. The zero-order chi connectivity index (χ0) is 19.5. The highest BCUT2D eigenvalue weighted by Crippen LogP contribution is 2.48. The number of ether oxygens (including phenoxy) is 1. The Morgan fingerprint density at radius 1 is 1.15 bits per heavy atom. The second kappa shape index (κ2) is 7.40. The van der Waals surface area contributed by atoms with Gasteiger partial charge in [-0.05, 0) is 18.2 Å². The Morgan fingerprint density at radius 3 is 2.27 bits per heavy atom. The van der Waals surface area contributed by atoms with Gasteiger partial charge in [0.2, 0.25) is 5.88 Å². The van der Waals surface area contributed by atoms with E-state index in [2.05, 4.69) is 4.98 Å². The van der Waals surface area contributed by atoms with E-state index in [1.165, 1.54) is 6.07 Å². The Labute approximate surface area is 145 Å². The predicted molar refractivity (Wildman–Crippen MR) is 83.7 cm³/mol. The highest BCUT2D eigenvalue weighted by molar-refractivity contribution is 7.62. The maximum atomic E-state index is 12.5. The van der Waals surface area contributed by atoms with E-state index >= 15 is 0 Å². The molecule has 0 N–H and O–H groups in total. The van der Waals surface area contributed by atoms with E-state index in [1.807, 2.05) is 0 Å².